The Balaban J connectivity index is 0.000000468. The molecule has 5 heterocycles. The Bertz CT molecular complexity index is 3150. The average molecular weight is 1300 g/mol. The van der Waals surface area contributed by atoms with Gasteiger partial charge in [0.25, 0.3) is 5.56 Å². The zero-order valence-corrected chi connectivity index (χ0v) is 52.3. The zero-order valence-electron chi connectivity index (χ0n) is 52.3. The molecule has 2 fully saturated rings. The van der Waals surface area contributed by atoms with Gasteiger partial charge in [0, 0.05) is 37.5 Å². The van der Waals surface area contributed by atoms with E-state index >= 15 is 0 Å². The highest BCUT2D eigenvalue weighted by molar-refractivity contribution is 5.81. The molecule has 28 heteroatoms. The standard InChI is InChI=1S/C47H73NO17.C17H20N4O6/c1-27-17-15-13-11-9-7-5-6-8-10-12-14-16-18-34(64-46-44(58)41(48)43(57)30(4)63-46)24-38-40(45(59)60)37(54)26-47(61,65-38)25-33(51)22-36(53)35(52)20-19-31(49)21-32(50)23-39(55)62-29(3)28(2)42(27)56;1-7-3-9-10(4-8(7)2)21(5-11(23)14(25)12(24)6-22)15-13(18-9)16(26)20-17(27)19-15/h5-18,27-38,40-44,46,49-54,56-58,61H,19-26,48H2,1-4H3,(H,59,60);3-4,11-12,14,22-25H,5-6H2,1-2H3,(H,20,26,27)/b6-5+,9-7+,10-8+,13-11+,14-12+,17-15+,18-16+;/t27-,28-,29-,30+,31+,32+,33-,34-,35+,36+,37-,38-,40+,41-,42+,43+,44-,46-,47+;11-,12+,14-/m00/s1. The molecular formula is C64H93N5O23. The Hall–Kier alpha value is -6.10. The number of aliphatic carboxylic acids is 1. The van der Waals surface area contributed by atoms with Crippen LogP contribution in [0.4, 0.5) is 0 Å². The van der Waals surface area contributed by atoms with Gasteiger partial charge in [0.15, 0.2) is 23.6 Å². The lowest BCUT2D eigenvalue weighted by Crippen LogP contribution is -2.61. The molecule has 5 aliphatic rings. The molecule has 1 aromatic carbocycles. The van der Waals surface area contributed by atoms with E-state index in [1.807, 2.05) is 32.9 Å². The Kier molecular flexibility index (Phi) is 30.0. The summed E-state index contributed by atoms with van der Waals surface area (Å²) in [7, 11) is 0. The first-order valence-electron chi connectivity index (χ1n) is 30.6. The minimum absolute atomic E-state index is 0.0516. The third-order valence-electron chi connectivity index (χ3n) is 16.6. The third kappa shape index (κ3) is 22.3. The number of fused-ring (bicyclic) bond motifs is 4. The SMILES string of the molecule is C[C@@H]1[C@H](O)[C@@H](C)/C=C/C=C/C=C/C=C/C=C/C=C/C=C/[C@H](O[C@@H]2O[C@H](C)[C@@H](O)[C@H](N)[C@@H]2O)C[C@@H]2O[C@](O)(C[C@@H](O)C[C@@H](O)[C@H](O)CC[C@@H](O)C[C@@H](O)CC(=O)O[C@H]1C)C[C@H](O)[C@H]2C(=O)O.Cc1cc2nc3c(=O)[nH]c(=O)nc-3n(C[C@H](O)[C@H](O)[C@H](O)CO)c2cc1C. The molecule has 0 unspecified atom stereocenters. The van der Waals surface area contributed by atoms with Gasteiger partial charge in [-0.3, -0.25) is 19.4 Å². The van der Waals surface area contributed by atoms with Gasteiger partial charge in [-0.1, -0.05) is 98.9 Å². The van der Waals surface area contributed by atoms with E-state index in [0.29, 0.717) is 11.0 Å². The van der Waals surface area contributed by atoms with Gasteiger partial charge >= 0.3 is 17.6 Å². The van der Waals surface area contributed by atoms with E-state index in [0.717, 1.165) is 11.1 Å². The molecule has 1 aromatic rings. The molecular weight excluding hydrogens is 1210 g/mol. The van der Waals surface area contributed by atoms with Crippen LogP contribution in [0.15, 0.2) is 107 Å². The fourth-order valence-electron chi connectivity index (χ4n) is 10.9. The number of carboxylic acid groups (broad SMARTS) is 1. The van der Waals surface area contributed by atoms with E-state index in [9.17, 15) is 90.7 Å². The van der Waals surface area contributed by atoms with Gasteiger partial charge in [0.1, 0.15) is 36.4 Å². The Labute approximate surface area is 531 Å². The maximum absolute atomic E-state index is 12.6. The van der Waals surface area contributed by atoms with E-state index in [1.54, 1.807) is 92.8 Å². The Morgan fingerprint density at radius 1 is 0.717 bits per heavy atom. The highest BCUT2D eigenvalue weighted by Gasteiger charge is 2.51. The highest BCUT2D eigenvalue weighted by atomic mass is 16.7. The van der Waals surface area contributed by atoms with Crippen molar-refractivity contribution in [2.45, 2.75) is 215 Å². The second-order valence-corrected chi connectivity index (χ2v) is 24.1. The summed E-state index contributed by atoms with van der Waals surface area (Å²) in [6.45, 7) is 9.47. The first-order valence-corrected chi connectivity index (χ1v) is 30.6. The van der Waals surface area contributed by atoms with Gasteiger partial charge in [-0.05, 0) is 70.2 Å². The second kappa shape index (κ2) is 36.0. The summed E-state index contributed by atoms with van der Waals surface area (Å²) in [5.41, 5.74) is 7.13. The van der Waals surface area contributed by atoms with Crippen LogP contribution in [-0.2, 0) is 35.1 Å². The van der Waals surface area contributed by atoms with Crippen LogP contribution in [0.25, 0.3) is 22.6 Å². The van der Waals surface area contributed by atoms with Crippen LogP contribution in [0.1, 0.15) is 90.2 Å². The summed E-state index contributed by atoms with van der Waals surface area (Å²) in [6.07, 6.45) is -1.22. The molecule has 0 aromatic heterocycles. The molecule has 22 atom stereocenters. The van der Waals surface area contributed by atoms with Crippen LogP contribution in [0.5, 0.6) is 0 Å². The van der Waals surface area contributed by atoms with Gasteiger partial charge in [-0.15, -0.1) is 0 Å². The smallest absolute Gasteiger partial charge is 0.349 e. The number of carbonyl (C=O) groups is 2. The Morgan fingerprint density at radius 2 is 1.32 bits per heavy atom. The maximum atomic E-state index is 12.6. The molecule has 0 spiro atoms. The number of H-pyrrole nitrogens is 1. The molecule has 0 saturated carbocycles. The molecule has 92 heavy (non-hydrogen) atoms. The van der Waals surface area contributed by atoms with Gasteiger partial charge in [-0.2, -0.15) is 4.98 Å². The van der Waals surface area contributed by atoms with Gasteiger partial charge < -0.3 is 106 Å². The number of hydrogen-bond donors (Lipinski definition) is 17. The molecule has 2 bridgehead atoms. The minimum atomic E-state index is -2.33. The van der Waals surface area contributed by atoms with Crippen molar-refractivity contribution in [3.05, 3.63) is 129 Å². The van der Waals surface area contributed by atoms with Crippen molar-refractivity contribution < 1.29 is 105 Å². The largest absolute Gasteiger partial charge is 0.481 e. The molecule has 2 saturated heterocycles. The molecule has 6 rings (SSSR count). The number of aryl methyl sites for hydroxylation is 2. The van der Waals surface area contributed by atoms with Crippen LogP contribution in [0.3, 0.4) is 0 Å². The normalized spacial score (nSPS) is 36.6. The first kappa shape index (κ1) is 76.6. The maximum Gasteiger partial charge on any atom is 0.349 e. The molecule has 0 amide bonds. The quantitative estimate of drug-likeness (QED) is 0.0949. The van der Waals surface area contributed by atoms with Gasteiger partial charge in [-0.25, -0.2) is 9.78 Å². The number of rotatable bonds is 8. The number of nitrogens with zero attached hydrogens (tertiary/aromatic N) is 3. The fraction of sp³-hybridized carbons (Fsp3) is 0.594. The molecule has 0 radical (unpaired) electrons. The first-order chi connectivity index (χ1) is 43.3. The number of nitrogens with one attached hydrogen (secondary N) is 1. The van der Waals surface area contributed by atoms with E-state index in [-0.39, 0.29) is 49.7 Å². The van der Waals surface area contributed by atoms with Crippen LogP contribution in [-0.4, -0.2) is 230 Å². The van der Waals surface area contributed by atoms with Gasteiger partial charge in [0.05, 0.1) is 104 Å². The number of esters is 1. The molecule has 18 N–H and O–H groups in total. The van der Waals surface area contributed by atoms with Crippen molar-refractivity contribution in [1.29, 1.82) is 0 Å². The lowest BCUT2D eigenvalue weighted by molar-refractivity contribution is -0.308. The number of aromatic amines is 1. The minimum Gasteiger partial charge on any atom is -0.481 e. The van der Waals surface area contributed by atoms with Crippen molar-refractivity contribution in [2.75, 3.05) is 6.61 Å². The summed E-state index contributed by atoms with van der Waals surface area (Å²) >= 11 is 0. The summed E-state index contributed by atoms with van der Waals surface area (Å²) in [4.78, 5) is 59.1. The van der Waals surface area contributed by atoms with E-state index in [2.05, 4.69) is 15.0 Å². The van der Waals surface area contributed by atoms with Crippen LogP contribution in [0.2, 0.25) is 0 Å². The number of benzene rings is 1. The van der Waals surface area contributed by atoms with E-state index < -0.39 is 183 Å². The summed E-state index contributed by atoms with van der Waals surface area (Å²) < 4.78 is 24.5. The van der Waals surface area contributed by atoms with Gasteiger partial charge in [0.2, 0.25) is 0 Å². The molecule has 0 aliphatic carbocycles. The van der Waals surface area contributed by atoms with Crippen molar-refractivity contribution in [2.24, 2.45) is 23.5 Å². The number of aliphatic hydroxyl groups excluding tert-OH is 13. The zero-order chi connectivity index (χ0) is 68.3. The molecule has 28 nitrogen and oxygen atoms in total. The highest BCUT2D eigenvalue weighted by Crippen LogP contribution is 2.38. The van der Waals surface area contributed by atoms with Crippen molar-refractivity contribution in [1.82, 2.24) is 19.5 Å². The van der Waals surface area contributed by atoms with Crippen molar-refractivity contribution in [3.63, 3.8) is 0 Å². The number of carbonyl (C=O) groups excluding carboxylic acids is 1. The fourth-order valence-corrected chi connectivity index (χ4v) is 10.9. The lowest BCUT2D eigenvalue weighted by atomic mass is 9.82. The summed E-state index contributed by atoms with van der Waals surface area (Å²) in [5, 5.41) is 157. The number of cyclic esters (lactones) is 1. The Morgan fingerprint density at radius 3 is 1.92 bits per heavy atom. The number of aromatic nitrogens is 4. The number of allylic oxidation sites excluding steroid dienone is 12. The van der Waals surface area contributed by atoms with Crippen LogP contribution >= 0.6 is 0 Å². The molecule has 5 aliphatic heterocycles. The number of hydrogen-bond acceptors (Lipinski definition) is 25. The van der Waals surface area contributed by atoms with Crippen LogP contribution < -0.4 is 17.0 Å². The lowest BCUT2D eigenvalue weighted by Gasteiger charge is -2.45. The predicted octanol–water partition coefficient (Wildman–Crippen LogP) is -1.01. The number of nitrogens with two attached hydrogens (primary N) is 1. The number of ether oxygens (including phenoxy) is 4. The van der Waals surface area contributed by atoms with Crippen LogP contribution in [0, 0.1) is 31.6 Å². The topological polar surface area (TPSA) is 481 Å². The number of carboxylic acids is 1. The molecule has 512 valence electrons. The number of aliphatic hydroxyl groups is 14. The summed E-state index contributed by atoms with van der Waals surface area (Å²) in [6, 6.07) is 2.38. The van der Waals surface area contributed by atoms with Crippen molar-refractivity contribution >= 4 is 23.0 Å². The van der Waals surface area contributed by atoms with E-state index in [1.165, 1.54) is 17.6 Å². The third-order valence-corrected chi connectivity index (χ3v) is 16.6. The predicted molar refractivity (Wildman–Crippen MR) is 333 cm³/mol. The summed E-state index contributed by atoms with van der Waals surface area (Å²) in [5.74, 6) is -6.88. The second-order valence-electron chi connectivity index (χ2n) is 24.1. The average Bonchev–Trinajstić information content (AvgIpc) is 0.763. The monoisotopic (exact) mass is 1300 g/mol. The van der Waals surface area contributed by atoms with Crippen molar-refractivity contribution in [3.8, 4) is 11.5 Å². The van der Waals surface area contributed by atoms with E-state index in [4.69, 9.17) is 29.8 Å².